The van der Waals surface area contributed by atoms with Crippen LogP contribution < -0.4 is 10.6 Å². The van der Waals surface area contributed by atoms with Gasteiger partial charge in [-0.25, -0.2) is 4.79 Å². The van der Waals surface area contributed by atoms with Crippen molar-refractivity contribution >= 4 is 35.2 Å². The number of carbonyl (C=O) groups is 3. The number of hydrogen-bond acceptors (Lipinski definition) is 6. The molecular formula is C36H46ClN3O6. The zero-order chi connectivity index (χ0) is 34.0. The molecule has 0 aliphatic rings. The zero-order valence-corrected chi connectivity index (χ0v) is 28.3. The number of rotatable bonds is 13. The Hall–Kier alpha value is -4.24. The van der Waals surface area contributed by atoms with Crippen LogP contribution in [0.3, 0.4) is 0 Å². The number of carbonyl (C=O) groups excluding carboxylic acids is 3. The third kappa shape index (κ3) is 10.4. The molecule has 46 heavy (non-hydrogen) atoms. The fourth-order valence-electron chi connectivity index (χ4n) is 5.10. The predicted molar refractivity (Wildman–Crippen MR) is 181 cm³/mol. The summed E-state index contributed by atoms with van der Waals surface area (Å²) in [6.07, 6.45) is 2.67. The molecule has 0 saturated carbocycles. The SMILES string of the molecule is CCCCCCN(C(=O)C(Cc1ccc(O)cc1)NC(=O)OC(C)(C)C)C(C(=O)Nc1c(C)cccc1Cl)c1ccc(O)c(C)c1. The van der Waals surface area contributed by atoms with Gasteiger partial charge in [0, 0.05) is 13.0 Å². The molecule has 3 rings (SSSR count). The van der Waals surface area contributed by atoms with E-state index in [0.29, 0.717) is 33.8 Å². The van der Waals surface area contributed by atoms with Gasteiger partial charge in [-0.2, -0.15) is 0 Å². The Kier molecular flexibility index (Phi) is 12.9. The molecule has 0 bridgehead atoms. The van der Waals surface area contributed by atoms with Crippen LogP contribution >= 0.6 is 11.6 Å². The van der Waals surface area contributed by atoms with Crippen LogP contribution in [0.1, 0.15) is 81.7 Å². The molecule has 0 radical (unpaired) electrons. The van der Waals surface area contributed by atoms with Crippen LogP contribution in [0.4, 0.5) is 10.5 Å². The summed E-state index contributed by atoms with van der Waals surface area (Å²) < 4.78 is 5.51. The zero-order valence-electron chi connectivity index (χ0n) is 27.5. The number of alkyl carbamates (subject to hydrolysis) is 1. The maximum absolute atomic E-state index is 14.7. The molecule has 9 nitrogen and oxygen atoms in total. The Balaban J connectivity index is 2.13. The number of nitrogens with one attached hydrogen (secondary N) is 2. The standard InChI is InChI=1S/C36H46ClN3O6/c1-7-8-9-10-20-40(34(44)29(38-35(45)46-36(4,5)6)22-25-14-17-27(41)18-15-25)32(26-16-19-30(42)24(3)21-26)33(43)39-31-23(2)12-11-13-28(31)37/h11-19,21,29,32,41-42H,7-10,20,22H2,1-6H3,(H,38,45)(H,39,43). The van der Waals surface area contributed by atoms with E-state index in [4.69, 9.17) is 16.3 Å². The monoisotopic (exact) mass is 651 g/mol. The van der Waals surface area contributed by atoms with E-state index in [2.05, 4.69) is 17.6 Å². The lowest BCUT2D eigenvalue weighted by molar-refractivity contribution is -0.140. The van der Waals surface area contributed by atoms with Crippen LogP contribution in [-0.4, -0.2) is 51.2 Å². The van der Waals surface area contributed by atoms with Gasteiger partial charge in [0.15, 0.2) is 0 Å². The van der Waals surface area contributed by atoms with Crippen LogP contribution in [0.15, 0.2) is 60.7 Å². The Morgan fingerprint density at radius 2 is 1.63 bits per heavy atom. The summed E-state index contributed by atoms with van der Waals surface area (Å²) in [7, 11) is 0. The van der Waals surface area contributed by atoms with Crippen molar-refractivity contribution in [1.29, 1.82) is 0 Å². The van der Waals surface area contributed by atoms with Crippen molar-refractivity contribution < 1.29 is 29.3 Å². The minimum absolute atomic E-state index is 0.0578. The van der Waals surface area contributed by atoms with E-state index in [1.54, 1.807) is 64.1 Å². The molecule has 0 aromatic heterocycles. The van der Waals surface area contributed by atoms with Crippen molar-refractivity contribution in [2.24, 2.45) is 0 Å². The number of phenols is 2. The number of benzene rings is 3. The Bertz CT molecular complexity index is 1480. The van der Waals surface area contributed by atoms with Crippen LogP contribution in [0.2, 0.25) is 5.02 Å². The van der Waals surface area contributed by atoms with E-state index in [9.17, 15) is 24.6 Å². The summed E-state index contributed by atoms with van der Waals surface area (Å²) in [5, 5.41) is 26.2. The van der Waals surface area contributed by atoms with Crippen LogP contribution in [-0.2, 0) is 20.7 Å². The van der Waals surface area contributed by atoms with Gasteiger partial charge < -0.3 is 30.5 Å². The Labute approximate surface area is 276 Å². The Morgan fingerprint density at radius 3 is 2.24 bits per heavy atom. The highest BCUT2D eigenvalue weighted by atomic mass is 35.5. The summed E-state index contributed by atoms with van der Waals surface area (Å²) in [4.78, 5) is 43.5. The van der Waals surface area contributed by atoms with Gasteiger partial charge in [0.25, 0.3) is 5.91 Å². The van der Waals surface area contributed by atoms with Gasteiger partial charge in [0.2, 0.25) is 5.91 Å². The van der Waals surface area contributed by atoms with Crippen LogP contribution in [0.5, 0.6) is 11.5 Å². The number of ether oxygens (including phenoxy) is 1. The van der Waals surface area contributed by atoms with Gasteiger partial charge >= 0.3 is 6.09 Å². The topological polar surface area (TPSA) is 128 Å². The minimum atomic E-state index is -1.13. The first kappa shape index (κ1) is 36.2. The molecule has 3 aromatic rings. The van der Waals surface area contributed by atoms with Gasteiger partial charge in [-0.1, -0.05) is 68.1 Å². The van der Waals surface area contributed by atoms with E-state index in [1.807, 2.05) is 13.0 Å². The first-order chi connectivity index (χ1) is 21.7. The molecule has 10 heteroatoms. The summed E-state index contributed by atoms with van der Waals surface area (Å²) in [6.45, 7) is 11.0. The average molecular weight is 652 g/mol. The number of amides is 3. The number of halogens is 1. The van der Waals surface area contributed by atoms with Crippen LogP contribution in [0.25, 0.3) is 0 Å². The van der Waals surface area contributed by atoms with Gasteiger partial charge in [-0.15, -0.1) is 0 Å². The summed E-state index contributed by atoms with van der Waals surface area (Å²) in [5.74, 6) is -0.857. The second kappa shape index (κ2) is 16.4. The molecule has 0 aliphatic heterocycles. The smallest absolute Gasteiger partial charge is 0.408 e. The average Bonchev–Trinajstić information content (AvgIpc) is 2.97. The lowest BCUT2D eigenvalue weighted by atomic mass is 9.98. The van der Waals surface area contributed by atoms with Gasteiger partial charge in [-0.05, 0) is 93.6 Å². The highest BCUT2D eigenvalue weighted by molar-refractivity contribution is 6.34. The molecule has 3 aromatic carbocycles. The number of aryl methyl sites for hydroxylation is 2. The second-order valence-corrected chi connectivity index (χ2v) is 12.9. The molecule has 2 atom stereocenters. The van der Waals surface area contributed by atoms with Crippen molar-refractivity contribution in [2.75, 3.05) is 11.9 Å². The number of anilines is 1. The quantitative estimate of drug-likeness (QED) is 0.141. The normalized spacial score (nSPS) is 12.6. The van der Waals surface area contributed by atoms with Gasteiger partial charge in [-0.3, -0.25) is 9.59 Å². The lowest BCUT2D eigenvalue weighted by Gasteiger charge is -2.35. The molecule has 4 N–H and O–H groups in total. The number of aromatic hydroxyl groups is 2. The maximum Gasteiger partial charge on any atom is 0.408 e. The molecule has 0 aliphatic carbocycles. The van der Waals surface area contributed by atoms with E-state index >= 15 is 0 Å². The molecule has 248 valence electrons. The number of hydrogen-bond donors (Lipinski definition) is 4. The van der Waals surface area contributed by atoms with Crippen molar-refractivity contribution in [3.8, 4) is 11.5 Å². The molecule has 0 heterocycles. The first-order valence-electron chi connectivity index (χ1n) is 15.6. The van der Waals surface area contributed by atoms with E-state index in [-0.39, 0.29) is 24.5 Å². The highest BCUT2D eigenvalue weighted by Crippen LogP contribution is 2.31. The summed E-state index contributed by atoms with van der Waals surface area (Å²) in [5.41, 5.74) is 2.08. The number of unbranched alkanes of at least 4 members (excludes halogenated alkanes) is 3. The van der Waals surface area contributed by atoms with Crippen molar-refractivity contribution in [2.45, 2.75) is 91.3 Å². The third-order valence-corrected chi connectivity index (χ3v) is 7.78. The lowest BCUT2D eigenvalue weighted by Crippen LogP contribution is -2.53. The number of nitrogens with zero attached hydrogens (tertiary/aromatic N) is 1. The fourth-order valence-corrected chi connectivity index (χ4v) is 5.37. The van der Waals surface area contributed by atoms with E-state index in [1.165, 1.54) is 23.1 Å². The van der Waals surface area contributed by atoms with E-state index in [0.717, 1.165) is 24.8 Å². The minimum Gasteiger partial charge on any atom is -0.508 e. The fraction of sp³-hybridized carbons (Fsp3) is 0.417. The number of para-hydroxylation sites is 1. The summed E-state index contributed by atoms with van der Waals surface area (Å²) >= 11 is 6.49. The van der Waals surface area contributed by atoms with Gasteiger partial charge in [0.05, 0.1) is 10.7 Å². The first-order valence-corrected chi connectivity index (χ1v) is 16.0. The third-order valence-electron chi connectivity index (χ3n) is 7.47. The predicted octanol–water partition coefficient (Wildman–Crippen LogP) is 7.59. The van der Waals surface area contributed by atoms with Crippen LogP contribution in [0, 0.1) is 13.8 Å². The van der Waals surface area contributed by atoms with E-state index < -0.39 is 35.6 Å². The van der Waals surface area contributed by atoms with Crippen molar-refractivity contribution in [3.63, 3.8) is 0 Å². The number of phenolic OH excluding ortho intramolecular Hbond substituents is 2. The highest BCUT2D eigenvalue weighted by Gasteiger charge is 2.37. The molecule has 0 fully saturated rings. The molecule has 2 unspecified atom stereocenters. The maximum atomic E-state index is 14.7. The van der Waals surface area contributed by atoms with Gasteiger partial charge in [0.1, 0.15) is 29.2 Å². The molecular weight excluding hydrogens is 606 g/mol. The largest absolute Gasteiger partial charge is 0.508 e. The molecule has 3 amide bonds. The summed E-state index contributed by atoms with van der Waals surface area (Å²) in [6, 6.07) is 14.2. The molecule has 0 spiro atoms. The Morgan fingerprint density at radius 1 is 0.935 bits per heavy atom. The van der Waals surface area contributed by atoms with Crippen molar-refractivity contribution in [1.82, 2.24) is 10.2 Å². The van der Waals surface area contributed by atoms with Crippen molar-refractivity contribution in [3.05, 3.63) is 87.9 Å². The second-order valence-electron chi connectivity index (χ2n) is 12.5. The molecule has 0 saturated heterocycles.